The van der Waals surface area contributed by atoms with Crippen molar-refractivity contribution in [1.82, 2.24) is 0 Å². The molecule has 1 aromatic rings. The fraction of sp³-hybridized carbons (Fsp3) is 0.500. The summed E-state index contributed by atoms with van der Waals surface area (Å²) < 4.78 is 46.2. The average Bonchev–Trinajstić information content (AvgIpc) is 2.76. The fourth-order valence-electron chi connectivity index (χ4n) is 3.42. The Morgan fingerprint density at radius 2 is 1.63 bits per heavy atom. The minimum Gasteiger partial charge on any atom is -0.463 e. The molecule has 0 aliphatic carbocycles. The maximum atomic E-state index is 13.7. The molecule has 0 saturated carbocycles. The van der Waals surface area contributed by atoms with E-state index in [1.807, 2.05) is 0 Å². The van der Waals surface area contributed by atoms with Crippen molar-refractivity contribution in [3.8, 4) is 0 Å². The molecule has 1 aliphatic heterocycles. The monoisotopic (exact) mass is 496 g/mol. The second-order valence-corrected chi connectivity index (χ2v) is 7.75. The molecule has 0 spiro atoms. The first-order chi connectivity index (χ1) is 16.5. The molecule has 192 valence electrons. The van der Waals surface area contributed by atoms with Crippen molar-refractivity contribution in [2.75, 3.05) is 13.2 Å². The van der Waals surface area contributed by atoms with Gasteiger partial charge < -0.3 is 28.4 Å². The van der Waals surface area contributed by atoms with E-state index in [4.69, 9.17) is 28.4 Å². The van der Waals surface area contributed by atoms with Crippen LogP contribution in [0.5, 0.6) is 0 Å². The van der Waals surface area contributed by atoms with Crippen LogP contribution in [0.4, 0.5) is 4.39 Å². The van der Waals surface area contributed by atoms with Gasteiger partial charge in [0.15, 0.2) is 6.10 Å². The summed E-state index contributed by atoms with van der Waals surface area (Å²) >= 11 is 0. The van der Waals surface area contributed by atoms with Crippen LogP contribution in [-0.4, -0.2) is 61.7 Å². The molecule has 1 saturated heterocycles. The van der Waals surface area contributed by atoms with Crippen molar-refractivity contribution >= 4 is 30.0 Å². The zero-order valence-electron chi connectivity index (χ0n) is 20.1. The van der Waals surface area contributed by atoms with Crippen LogP contribution in [0.15, 0.2) is 30.0 Å². The molecule has 5 atom stereocenters. The highest BCUT2D eigenvalue weighted by Crippen LogP contribution is 2.33. The predicted octanol–water partition coefficient (Wildman–Crippen LogP) is 2.53. The van der Waals surface area contributed by atoms with E-state index >= 15 is 0 Å². The number of carbonyl (C=O) groups is 4. The van der Waals surface area contributed by atoms with Crippen LogP contribution < -0.4 is 0 Å². The summed E-state index contributed by atoms with van der Waals surface area (Å²) in [6, 6.07) is 5.45. The third-order valence-corrected chi connectivity index (χ3v) is 4.87. The number of benzene rings is 1. The van der Waals surface area contributed by atoms with Gasteiger partial charge in [-0.15, -0.1) is 0 Å². The van der Waals surface area contributed by atoms with E-state index in [0.29, 0.717) is 5.56 Å². The van der Waals surface area contributed by atoms with Gasteiger partial charge in [-0.1, -0.05) is 19.1 Å². The molecule has 11 heteroatoms. The highest BCUT2D eigenvalue weighted by molar-refractivity contribution is 5.91. The predicted molar refractivity (Wildman–Crippen MR) is 118 cm³/mol. The lowest BCUT2D eigenvalue weighted by atomic mass is 9.91. The second kappa shape index (κ2) is 12.8. The third-order valence-electron chi connectivity index (χ3n) is 4.87. The Morgan fingerprint density at radius 3 is 2.20 bits per heavy atom. The molecule has 0 unspecified atom stereocenters. The first-order valence-corrected chi connectivity index (χ1v) is 11.0. The topological polar surface area (TPSA) is 124 Å². The van der Waals surface area contributed by atoms with E-state index in [0.717, 1.165) is 0 Å². The zero-order valence-corrected chi connectivity index (χ0v) is 20.1. The SMILES string of the molecule is CCOC(=O)/C(=C/c1cccc(F)c1)O[C@H]1O[C@@H](COC(C)=O)[C@@H](OC(C)=O)[C@@H](OC(C)=O)[C@@H]1C. The molecule has 35 heavy (non-hydrogen) atoms. The van der Waals surface area contributed by atoms with Gasteiger partial charge in [-0.05, 0) is 30.7 Å². The Balaban J connectivity index is 2.43. The zero-order chi connectivity index (χ0) is 26.1. The van der Waals surface area contributed by atoms with Gasteiger partial charge in [0.25, 0.3) is 0 Å². The van der Waals surface area contributed by atoms with Crippen LogP contribution in [0.3, 0.4) is 0 Å². The lowest BCUT2D eigenvalue weighted by Gasteiger charge is -2.43. The molecule has 10 nitrogen and oxygen atoms in total. The van der Waals surface area contributed by atoms with Crippen LogP contribution in [0.2, 0.25) is 0 Å². The Labute approximate surface area is 202 Å². The van der Waals surface area contributed by atoms with Crippen LogP contribution in [0.25, 0.3) is 6.08 Å². The van der Waals surface area contributed by atoms with Crippen LogP contribution in [-0.2, 0) is 47.6 Å². The normalized spacial score (nSPS) is 24.2. The minimum atomic E-state index is -1.23. The number of esters is 4. The van der Waals surface area contributed by atoms with E-state index < -0.39 is 60.2 Å². The van der Waals surface area contributed by atoms with E-state index in [9.17, 15) is 23.6 Å². The van der Waals surface area contributed by atoms with Crippen molar-refractivity contribution in [1.29, 1.82) is 0 Å². The molecule has 1 fully saturated rings. The number of rotatable bonds is 9. The number of hydrogen-bond donors (Lipinski definition) is 0. The van der Waals surface area contributed by atoms with Gasteiger partial charge in [-0.3, -0.25) is 14.4 Å². The van der Waals surface area contributed by atoms with Crippen molar-refractivity contribution in [2.45, 2.75) is 59.2 Å². The highest BCUT2D eigenvalue weighted by atomic mass is 19.1. The quantitative estimate of drug-likeness (QED) is 0.218. The summed E-state index contributed by atoms with van der Waals surface area (Å²) in [6.07, 6.45) is -3.23. The van der Waals surface area contributed by atoms with Gasteiger partial charge in [-0.2, -0.15) is 0 Å². The maximum Gasteiger partial charge on any atom is 0.373 e. The molecule has 0 N–H and O–H groups in total. The van der Waals surface area contributed by atoms with Gasteiger partial charge in [0.05, 0.1) is 12.5 Å². The summed E-state index contributed by atoms with van der Waals surface area (Å²) in [6.45, 7) is 6.43. The number of halogens is 1. The summed E-state index contributed by atoms with van der Waals surface area (Å²) in [5.74, 6) is -4.37. The summed E-state index contributed by atoms with van der Waals surface area (Å²) in [4.78, 5) is 47.5. The number of hydrogen-bond acceptors (Lipinski definition) is 10. The molecular formula is C24H29FO10. The smallest absolute Gasteiger partial charge is 0.373 e. The summed E-state index contributed by atoms with van der Waals surface area (Å²) in [7, 11) is 0. The minimum absolute atomic E-state index is 0.0451. The molecule has 0 amide bonds. The van der Waals surface area contributed by atoms with Gasteiger partial charge in [0.1, 0.15) is 24.6 Å². The van der Waals surface area contributed by atoms with Crippen LogP contribution >= 0.6 is 0 Å². The Morgan fingerprint density at radius 1 is 0.971 bits per heavy atom. The van der Waals surface area contributed by atoms with E-state index in [-0.39, 0.29) is 19.0 Å². The number of ether oxygens (including phenoxy) is 6. The lowest BCUT2D eigenvalue weighted by Crippen LogP contribution is -2.58. The molecule has 2 rings (SSSR count). The van der Waals surface area contributed by atoms with Gasteiger partial charge >= 0.3 is 23.9 Å². The number of carbonyl (C=O) groups excluding carboxylic acids is 4. The van der Waals surface area contributed by atoms with Crippen molar-refractivity contribution in [3.63, 3.8) is 0 Å². The van der Waals surface area contributed by atoms with Gasteiger partial charge in [0, 0.05) is 20.8 Å². The van der Waals surface area contributed by atoms with E-state index in [1.165, 1.54) is 45.0 Å². The highest BCUT2D eigenvalue weighted by Gasteiger charge is 2.49. The standard InChI is InChI=1S/C24H29FO10/c1-6-30-23(29)19(11-17-8-7-9-18(25)10-17)34-24-13(2)21(32-15(4)27)22(33-16(5)28)20(35-24)12-31-14(3)26/h7-11,13,20-22,24H,6,12H2,1-5H3/b19-11-/t13-,20-,21-,22+,24-/m0/s1. The molecule has 1 heterocycles. The Kier molecular flexibility index (Phi) is 10.2. The molecule has 0 bridgehead atoms. The van der Waals surface area contributed by atoms with E-state index in [2.05, 4.69) is 0 Å². The Hall–Kier alpha value is -3.47. The molecular weight excluding hydrogens is 467 g/mol. The molecule has 0 radical (unpaired) electrons. The summed E-state index contributed by atoms with van der Waals surface area (Å²) in [5.41, 5.74) is 0.322. The largest absolute Gasteiger partial charge is 0.463 e. The van der Waals surface area contributed by atoms with Crippen LogP contribution in [0.1, 0.15) is 40.2 Å². The first-order valence-electron chi connectivity index (χ1n) is 11.0. The lowest BCUT2D eigenvalue weighted by molar-refractivity contribution is -0.279. The summed E-state index contributed by atoms with van der Waals surface area (Å²) in [5, 5.41) is 0. The second-order valence-electron chi connectivity index (χ2n) is 7.75. The van der Waals surface area contributed by atoms with Crippen molar-refractivity contribution in [2.24, 2.45) is 5.92 Å². The molecule has 1 aromatic carbocycles. The Bertz CT molecular complexity index is 959. The van der Waals surface area contributed by atoms with Gasteiger partial charge in [0.2, 0.25) is 12.0 Å². The van der Waals surface area contributed by atoms with Crippen molar-refractivity contribution < 1.29 is 52.0 Å². The van der Waals surface area contributed by atoms with Crippen LogP contribution in [0, 0.1) is 11.7 Å². The van der Waals surface area contributed by atoms with E-state index in [1.54, 1.807) is 19.9 Å². The van der Waals surface area contributed by atoms with Crippen molar-refractivity contribution in [3.05, 3.63) is 41.4 Å². The third kappa shape index (κ3) is 8.36. The fourth-order valence-corrected chi connectivity index (χ4v) is 3.42. The van der Waals surface area contributed by atoms with Gasteiger partial charge in [-0.25, -0.2) is 9.18 Å². The molecule has 0 aromatic heterocycles. The average molecular weight is 496 g/mol. The molecule has 1 aliphatic rings. The first kappa shape index (κ1) is 27.8. The maximum absolute atomic E-state index is 13.7.